The number of ether oxygens (including phenoxy) is 1. The van der Waals surface area contributed by atoms with Crippen molar-refractivity contribution >= 4 is 31.5 Å². The maximum absolute atomic E-state index is 12.2. The van der Waals surface area contributed by atoms with E-state index in [4.69, 9.17) is 10.5 Å². The molecule has 0 aliphatic rings. The monoisotopic (exact) mass is 369 g/mol. The van der Waals surface area contributed by atoms with Gasteiger partial charge < -0.3 is 10.5 Å². The largest absolute Gasteiger partial charge is 0.493 e. The van der Waals surface area contributed by atoms with Crippen LogP contribution < -0.4 is 10.5 Å². The van der Waals surface area contributed by atoms with Gasteiger partial charge in [0, 0.05) is 16.2 Å². The summed E-state index contributed by atoms with van der Waals surface area (Å²) < 4.78 is 30.5. The molecule has 2 aromatic rings. The van der Waals surface area contributed by atoms with Crippen LogP contribution in [0.5, 0.6) is 5.75 Å². The summed E-state index contributed by atoms with van der Waals surface area (Å²) in [5.74, 6) is 0.695. The standard InChI is InChI=1S/C15H16BrNO3S/c16-12-4-1-7-15(10-12)21(18,19)9-3-8-20-14-6-2-5-13(17)11-14/h1-2,4-7,10-11H,3,8-9,17H2. The molecule has 0 unspecified atom stereocenters. The highest BCUT2D eigenvalue weighted by atomic mass is 79.9. The number of sulfone groups is 1. The Morgan fingerprint density at radius 2 is 1.86 bits per heavy atom. The number of hydrogen-bond donors (Lipinski definition) is 1. The Morgan fingerprint density at radius 3 is 2.57 bits per heavy atom. The van der Waals surface area contributed by atoms with Crippen LogP contribution in [0.15, 0.2) is 57.9 Å². The molecule has 0 saturated heterocycles. The average molecular weight is 370 g/mol. The second kappa shape index (κ2) is 6.95. The third-order valence-corrected chi connectivity index (χ3v) is 5.13. The number of halogens is 1. The molecule has 2 aromatic carbocycles. The first-order valence-corrected chi connectivity index (χ1v) is 8.88. The van der Waals surface area contributed by atoms with Crippen molar-refractivity contribution in [3.8, 4) is 5.75 Å². The molecule has 0 aromatic heterocycles. The van der Waals surface area contributed by atoms with Crippen molar-refractivity contribution in [3.63, 3.8) is 0 Å². The Bertz CT molecular complexity index is 716. The quantitative estimate of drug-likeness (QED) is 0.626. The van der Waals surface area contributed by atoms with Gasteiger partial charge in [-0.25, -0.2) is 8.42 Å². The lowest BCUT2D eigenvalue weighted by atomic mass is 10.3. The third kappa shape index (κ3) is 4.75. The summed E-state index contributed by atoms with van der Waals surface area (Å²) in [6, 6.07) is 13.8. The van der Waals surface area contributed by atoms with Crippen LogP contribution >= 0.6 is 15.9 Å². The van der Waals surface area contributed by atoms with Gasteiger partial charge >= 0.3 is 0 Å². The minimum absolute atomic E-state index is 0.0474. The first-order chi connectivity index (χ1) is 9.97. The van der Waals surface area contributed by atoms with E-state index in [2.05, 4.69) is 15.9 Å². The van der Waals surface area contributed by atoms with E-state index >= 15 is 0 Å². The SMILES string of the molecule is Nc1cccc(OCCCS(=O)(=O)c2cccc(Br)c2)c1. The first-order valence-electron chi connectivity index (χ1n) is 6.44. The average Bonchev–Trinajstić information content (AvgIpc) is 2.44. The molecule has 0 amide bonds. The zero-order valence-corrected chi connectivity index (χ0v) is 13.7. The van der Waals surface area contributed by atoms with Crippen LogP contribution in [0.3, 0.4) is 0 Å². The fourth-order valence-electron chi connectivity index (χ4n) is 1.82. The van der Waals surface area contributed by atoms with Gasteiger partial charge in [0.1, 0.15) is 5.75 Å². The highest BCUT2D eigenvalue weighted by molar-refractivity contribution is 9.10. The second-order valence-corrected chi connectivity index (χ2v) is 7.58. The van der Waals surface area contributed by atoms with Crippen LogP contribution in [0.1, 0.15) is 6.42 Å². The molecule has 2 N–H and O–H groups in total. The van der Waals surface area contributed by atoms with E-state index < -0.39 is 9.84 Å². The maximum Gasteiger partial charge on any atom is 0.178 e. The smallest absolute Gasteiger partial charge is 0.178 e. The highest BCUT2D eigenvalue weighted by Crippen LogP contribution is 2.18. The summed E-state index contributed by atoms with van der Waals surface area (Å²) in [6.07, 6.45) is 0.420. The molecule has 0 saturated carbocycles. The first kappa shape index (κ1) is 15.9. The second-order valence-electron chi connectivity index (χ2n) is 4.55. The molecule has 4 nitrogen and oxygen atoms in total. The van der Waals surface area contributed by atoms with Crippen molar-refractivity contribution < 1.29 is 13.2 Å². The van der Waals surface area contributed by atoms with Crippen LogP contribution in [0.2, 0.25) is 0 Å². The Kier molecular flexibility index (Phi) is 5.25. The molecule has 0 spiro atoms. The van der Waals surface area contributed by atoms with Gasteiger partial charge in [0.2, 0.25) is 0 Å². The van der Waals surface area contributed by atoms with E-state index in [1.54, 1.807) is 48.5 Å². The lowest BCUT2D eigenvalue weighted by Crippen LogP contribution is -2.10. The van der Waals surface area contributed by atoms with E-state index in [0.29, 0.717) is 29.4 Å². The predicted molar refractivity (Wildman–Crippen MR) is 87.2 cm³/mol. The summed E-state index contributed by atoms with van der Waals surface area (Å²) in [7, 11) is -3.28. The Hall–Kier alpha value is -1.53. The molecule has 6 heteroatoms. The van der Waals surface area contributed by atoms with Gasteiger partial charge in [0.15, 0.2) is 9.84 Å². The van der Waals surface area contributed by atoms with Gasteiger partial charge in [-0.3, -0.25) is 0 Å². The molecule has 0 heterocycles. The van der Waals surface area contributed by atoms with Gasteiger partial charge in [0.25, 0.3) is 0 Å². The molecule has 0 fully saturated rings. The summed E-state index contributed by atoms with van der Waals surface area (Å²) in [5, 5.41) is 0. The molecular weight excluding hydrogens is 354 g/mol. The van der Waals surface area contributed by atoms with E-state index in [1.165, 1.54) is 0 Å². The molecule has 0 bridgehead atoms. The molecule has 0 atom stereocenters. The summed E-state index contributed by atoms with van der Waals surface area (Å²) in [5.41, 5.74) is 6.26. The summed E-state index contributed by atoms with van der Waals surface area (Å²) >= 11 is 3.27. The molecule has 0 aliphatic heterocycles. The Labute approximate surface area is 133 Å². The van der Waals surface area contributed by atoms with Gasteiger partial charge in [-0.05, 0) is 36.8 Å². The number of anilines is 1. The van der Waals surface area contributed by atoms with Gasteiger partial charge in [-0.1, -0.05) is 28.1 Å². The van der Waals surface area contributed by atoms with Crippen molar-refractivity contribution in [3.05, 3.63) is 53.0 Å². The minimum atomic E-state index is -3.28. The Balaban J connectivity index is 1.88. The van der Waals surface area contributed by atoms with Crippen LogP contribution in [0.4, 0.5) is 5.69 Å². The zero-order valence-electron chi connectivity index (χ0n) is 11.3. The molecule has 0 radical (unpaired) electrons. The lowest BCUT2D eigenvalue weighted by Gasteiger charge is -2.08. The van der Waals surface area contributed by atoms with Gasteiger partial charge in [-0.15, -0.1) is 0 Å². The highest BCUT2D eigenvalue weighted by Gasteiger charge is 2.14. The number of benzene rings is 2. The predicted octanol–water partition coefficient (Wildman–Crippen LogP) is 3.27. The third-order valence-electron chi connectivity index (χ3n) is 2.84. The zero-order chi connectivity index (χ0) is 15.3. The number of rotatable bonds is 6. The van der Waals surface area contributed by atoms with Crippen molar-refractivity contribution in [1.29, 1.82) is 0 Å². The lowest BCUT2D eigenvalue weighted by molar-refractivity contribution is 0.318. The van der Waals surface area contributed by atoms with Crippen LogP contribution in [-0.2, 0) is 9.84 Å². The fourth-order valence-corrected chi connectivity index (χ4v) is 3.70. The molecular formula is C15H16BrNO3S. The van der Waals surface area contributed by atoms with E-state index in [9.17, 15) is 8.42 Å². The number of nitrogen functional groups attached to an aromatic ring is 1. The topological polar surface area (TPSA) is 69.4 Å². The maximum atomic E-state index is 12.2. The molecule has 2 rings (SSSR count). The minimum Gasteiger partial charge on any atom is -0.493 e. The Morgan fingerprint density at radius 1 is 1.10 bits per heavy atom. The molecule has 112 valence electrons. The van der Waals surface area contributed by atoms with Crippen molar-refractivity contribution in [2.75, 3.05) is 18.1 Å². The molecule has 21 heavy (non-hydrogen) atoms. The van der Waals surface area contributed by atoms with Crippen LogP contribution in [0, 0.1) is 0 Å². The van der Waals surface area contributed by atoms with Crippen molar-refractivity contribution in [2.45, 2.75) is 11.3 Å². The fraction of sp³-hybridized carbons (Fsp3) is 0.200. The normalized spacial score (nSPS) is 11.3. The van der Waals surface area contributed by atoms with Crippen molar-refractivity contribution in [2.24, 2.45) is 0 Å². The summed E-state index contributed by atoms with van der Waals surface area (Å²) in [4.78, 5) is 0.320. The van der Waals surface area contributed by atoms with Crippen LogP contribution in [-0.4, -0.2) is 20.8 Å². The van der Waals surface area contributed by atoms with Crippen LogP contribution in [0.25, 0.3) is 0 Å². The van der Waals surface area contributed by atoms with E-state index in [-0.39, 0.29) is 5.75 Å². The van der Waals surface area contributed by atoms with Gasteiger partial charge in [-0.2, -0.15) is 0 Å². The van der Waals surface area contributed by atoms with Gasteiger partial charge in [0.05, 0.1) is 17.3 Å². The summed E-state index contributed by atoms with van der Waals surface area (Å²) in [6.45, 7) is 0.330. The molecule has 0 aliphatic carbocycles. The van der Waals surface area contributed by atoms with E-state index in [1.807, 2.05) is 0 Å². The number of hydrogen-bond acceptors (Lipinski definition) is 4. The van der Waals surface area contributed by atoms with Crippen molar-refractivity contribution in [1.82, 2.24) is 0 Å². The van der Waals surface area contributed by atoms with E-state index in [0.717, 1.165) is 4.47 Å². The number of nitrogens with two attached hydrogens (primary N) is 1.